The van der Waals surface area contributed by atoms with Crippen molar-refractivity contribution in [3.05, 3.63) is 29.8 Å². The molecule has 1 aliphatic rings. The highest BCUT2D eigenvalue weighted by atomic mass is 28.3. The molecule has 0 aromatic heterocycles. The second kappa shape index (κ2) is 4.15. The molecule has 0 saturated carbocycles. The van der Waals surface area contributed by atoms with Crippen LogP contribution >= 0.6 is 0 Å². The minimum Gasteiger partial charge on any atom is -0.0693 e. The van der Waals surface area contributed by atoms with Crippen molar-refractivity contribution in [1.82, 2.24) is 0 Å². The number of hydrogen-bond donors (Lipinski definition) is 0. The molecule has 0 bridgehead atoms. The van der Waals surface area contributed by atoms with Gasteiger partial charge >= 0.3 is 0 Å². The molecule has 1 aromatic carbocycles. The Labute approximate surface area is 102 Å². The molecule has 0 N–H and O–H groups in total. The minimum absolute atomic E-state index is 0.943. The smallest absolute Gasteiger partial charge is 0.0693 e. The molecule has 0 spiro atoms. The lowest BCUT2D eigenvalue weighted by Crippen LogP contribution is -2.50. The van der Waals surface area contributed by atoms with Crippen molar-refractivity contribution in [2.75, 3.05) is 0 Å². The van der Waals surface area contributed by atoms with E-state index in [9.17, 15) is 0 Å². The van der Waals surface area contributed by atoms with Gasteiger partial charge in [0.25, 0.3) is 0 Å². The summed E-state index contributed by atoms with van der Waals surface area (Å²) in [5.74, 6) is 0. The summed E-state index contributed by atoms with van der Waals surface area (Å²) in [6, 6.07) is 14.0. The van der Waals surface area contributed by atoms with E-state index in [4.69, 9.17) is 0 Å². The topological polar surface area (TPSA) is 0 Å². The molecule has 16 heavy (non-hydrogen) atoms. The van der Waals surface area contributed by atoms with E-state index in [0.717, 1.165) is 0 Å². The summed E-state index contributed by atoms with van der Waals surface area (Å²) in [6.07, 6.45) is 1.47. The van der Waals surface area contributed by atoms with Crippen LogP contribution in [0.4, 0.5) is 0 Å². The van der Waals surface area contributed by atoms with Crippen LogP contribution in [0.25, 0.3) is 0 Å². The molecule has 2 heteroatoms. The van der Waals surface area contributed by atoms with Crippen LogP contribution < -0.4 is 5.19 Å². The number of rotatable bonds is 3. The largest absolute Gasteiger partial charge is 0.0836 e. The van der Waals surface area contributed by atoms with Gasteiger partial charge in [-0.2, -0.15) is 0 Å². The Morgan fingerprint density at radius 3 is 2.00 bits per heavy atom. The van der Waals surface area contributed by atoms with E-state index in [-0.39, 0.29) is 0 Å². The highest BCUT2D eigenvalue weighted by Crippen LogP contribution is 2.31. The minimum atomic E-state index is -0.944. The van der Waals surface area contributed by atoms with Crippen LogP contribution in [0.2, 0.25) is 38.3 Å². The molecule has 1 fully saturated rings. The summed E-state index contributed by atoms with van der Waals surface area (Å²) < 4.78 is 0. The van der Waals surface area contributed by atoms with Gasteiger partial charge in [-0.25, -0.2) is 0 Å². The molecular weight excluding hydrogens is 224 g/mol. The lowest BCUT2D eigenvalue weighted by Gasteiger charge is -2.36. The lowest BCUT2D eigenvalue weighted by molar-refractivity contribution is 0.917. The first kappa shape index (κ1) is 12.1. The zero-order chi connectivity index (χ0) is 11.8. The molecular formula is C14H24Si2. The van der Waals surface area contributed by atoms with Crippen molar-refractivity contribution in [3.8, 4) is 0 Å². The molecule has 2 rings (SSSR count). The average molecular weight is 249 g/mol. The molecule has 1 aliphatic heterocycles. The van der Waals surface area contributed by atoms with Crippen LogP contribution in [0.3, 0.4) is 0 Å². The first-order chi connectivity index (χ1) is 7.39. The Kier molecular flexibility index (Phi) is 3.14. The van der Waals surface area contributed by atoms with Crippen molar-refractivity contribution in [1.29, 1.82) is 0 Å². The van der Waals surface area contributed by atoms with Crippen molar-refractivity contribution in [2.45, 2.75) is 50.7 Å². The molecule has 0 amide bonds. The molecule has 0 nitrogen and oxygen atoms in total. The maximum absolute atomic E-state index is 2.55. The Balaban J connectivity index is 2.10. The molecule has 1 heterocycles. The fourth-order valence-electron chi connectivity index (χ4n) is 2.63. The molecule has 1 aromatic rings. The van der Waals surface area contributed by atoms with Gasteiger partial charge < -0.3 is 0 Å². The second-order valence-corrected chi connectivity index (χ2v) is 17.0. The summed E-state index contributed by atoms with van der Waals surface area (Å²) in [5.41, 5.74) is 1.56. The Morgan fingerprint density at radius 1 is 1.06 bits per heavy atom. The third kappa shape index (κ3) is 2.66. The molecule has 1 saturated heterocycles. The zero-order valence-electron chi connectivity index (χ0n) is 11.1. The monoisotopic (exact) mass is 248 g/mol. The predicted molar refractivity (Wildman–Crippen MR) is 79.0 cm³/mol. The highest BCUT2D eigenvalue weighted by molar-refractivity contribution is 6.92. The summed E-state index contributed by atoms with van der Waals surface area (Å²) in [5, 5.41) is 1.69. The third-order valence-electron chi connectivity index (χ3n) is 3.84. The Morgan fingerprint density at radius 2 is 1.62 bits per heavy atom. The van der Waals surface area contributed by atoms with Crippen LogP contribution in [0.15, 0.2) is 24.3 Å². The average Bonchev–Trinajstić information content (AvgIpc) is 2.13. The van der Waals surface area contributed by atoms with Crippen LogP contribution in [0.5, 0.6) is 0 Å². The van der Waals surface area contributed by atoms with E-state index in [0.29, 0.717) is 0 Å². The number of hydrogen-bond acceptors (Lipinski definition) is 0. The molecule has 0 aliphatic carbocycles. The lowest BCUT2D eigenvalue weighted by atomic mass is 10.2. The van der Waals surface area contributed by atoms with E-state index in [2.05, 4.69) is 50.5 Å². The van der Waals surface area contributed by atoms with Crippen molar-refractivity contribution >= 4 is 21.3 Å². The van der Waals surface area contributed by atoms with Gasteiger partial charge in [0.05, 0.1) is 8.07 Å². The van der Waals surface area contributed by atoms with Gasteiger partial charge in [-0.1, -0.05) is 79.7 Å². The van der Waals surface area contributed by atoms with Gasteiger partial charge in [0.2, 0.25) is 0 Å². The first-order valence-electron chi connectivity index (χ1n) is 6.49. The van der Waals surface area contributed by atoms with Gasteiger partial charge in [0, 0.05) is 8.07 Å². The molecule has 0 unspecified atom stereocenters. The normalized spacial score (nSPS) is 19.2. The van der Waals surface area contributed by atoms with Crippen LogP contribution in [0, 0.1) is 0 Å². The Bertz CT molecular complexity index is 355. The quantitative estimate of drug-likeness (QED) is 0.714. The van der Waals surface area contributed by atoms with Crippen molar-refractivity contribution < 1.29 is 0 Å². The fraction of sp³-hybridized carbons (Fsp3) is 0.571. The van der Waals surface area contributed by atoms with Crippen molar-refractivity contribution in [2.24, 2.45) is 0 Å². The van der Waals surface area contributed by atoms with Gasteiger partial charge in [0.1, 0.15) is 0 Å². The SMILES string of the molecule is C[Si](C)(C)Cc1ccc([Si]2(C)CCC2)cc1. The zero-order valence-corrected chi connectivity index (χ0v) is 13.1. The number of benzene rings is 1. The summed E-state index contributed by atoms with van der Waals surface area (Å²) >= 11 is 0. The molecule has 0 radical (unpaired) electrons. The van der Waals surface area contributed by atoms with Crippen LogP contribution in [0.1, 0.15) is 12.0 Å². The summed E-state index contributed by atoms with van der Waals surface area (Å²) in [6.45, 7) is 9.89. The van der Waals surface area contributed by atoms with Gasteiger partial charge in [-0.05, 0) is 6.04 Å². The Hall–Kier alpha value is -0.346. The van der Waals surface area contributed by atoms with E-state index in [1.165, 1.54) is 24.6 Å². The van der Waals surface area contributed by atoms with E-state index in [1.807, 2.05) is 0 Å². The second-order valence-electron chi connectivity index (χ2n) is 6.85. The summed E-state index contributed by atoms with van der Waals surface area (Å²) in [7, 11) is -1.89. The predicted octanol–water partition coefficient (Wildman–Crippen LogP) is 3.80. The maximum atomic E-state index is 2.55. The molecule has 0 atom stereocenters. The van der Waals surface area contributed by atoms with Gasteiger partial charge in [0.15, 0.2) is 0 Å². The standard InChI is InChI=1S/C14H24Si2/c1-15(2,3)12-13-6-8-14(9-7-13)16(4)10-5-11-16/h6-9H,5,10-12H2,1-4H3. The van der Waals surface area contributed by atoms with E-state index < -0.39 is 16.1 Å². The van der Waals surface area contributed by atoms with Gasteiger partial charge in [-0.3, -0.25) is 0 Å². The van der Waals surface area contributed by atoms with Crippen LogP contribution in [-0.2, 0) is 6.04 Å². The third-order valence-corrected chi connectivity index (χ3v) is 9.95. The van der Waals surface area contributed by atoms with E-state index >= 15 is 0 Å². The maximum Gasteiger partial charge on any atom is 0.0836 e. The van der Waals surface area contributed by atoms with Crippen molar-refractivity contribution in [3.63, 3.8) is 0 Å². The first-order valence-corrected chi connectivity index (χ1v) is 13.1. The molecule has 88 valence electrons. The van der Waals surface area contributed by atoms with E-state index in [1.54, 1.807) is 10.8 Å². The van der Waals surface area contributed by atoms with Gasteiger partial charge in [-0.15, -0.1) is 0 Å². The van der Waals surface area contributed by atoms with Crippen LogP contribution in [-0.4, -0.2) is 16.1 Å². The summed E-state index contributed by atoms with van der Waals surface area (Å²) in [4.78, 5) is 0. The fourth-order valence-corrected chi connectivity index (χ4v) is 7.06. The highest BCUT2D eigenvalue weighted by Gasteiger charge is 2.35.